The molecule has 8 heteroatoms. The lowest BCUT2D eigenvalue weighted by Crippen LogP contribution is -2.49. The van der Waals surface area contributed by atoms with Gasteiger partial charge in [0, 0.05) is 51.6 Å². The Morgan fingerprint density at radius 2 is 2.12 bits per heavy atom. The monoisotopic (exact) mass is 384 g/mol. The summed E-state index contributed by atoms with van der Waals surface area (Å²) in [7, 11) is -1.12. The summed E-state index contributed by atoms with van der Waals surface area (Å²) in [5, 5.41) is 4.43. The molecule has 2 aliphatic rings. The van der Waals surface area contributed by atoms with Crippen molar-refractivity contribution in [1.29, 1.82) is 0 Å². The second-order valence-electron chi connectivity index (χ2n) is 8.04. The Labute approximate surface area is 157 Å². The molecule has 148 valence electrons. The first-order valence-corrected chi connectivity index (χ1v) is 11.4. The summed E-state index contributed by atoms with van der Waals surface area (Å²) in [6.07, 6.45) is 8.44. The summed E-state index contributed by atoms with van der Waals surface area (Å²) in [6, 6.07) is 0. The molecule has 3 heterocycles. The summed E-state index contributed by atoms with van der Waals surface area (Å²) < 4.78 is 33.2. The van der Waals surface area contributed by atoms with Crippen LogP contribution in [0.3, 0.4) is 0 Å². The fourth-order valence-electron chi connectivity index (χ4n) is 4.34. The van der Waals surface area contributed by atoms with Crippen LogP contribution in [0.2, 0.25) is 0 Å². The molecule has 7 nitrogen and oxygen atoms in total. The number of sulfonamides is 1. The summed E-state index contributed by atoms with van der Waals surface area (Å²) in [5.74, 6) is 0.546. The molecule has 1 aromatic heterocycles. The van der Waals surface area contributed by atoms with Crippen LogP contribution in [0.25, 0.3) is 0 Å². The molecule has 1 aromatic rings. The number of piperidine rings is 1. The van der Waals surface area contributed by atoms with Crippen molar-refractivity contribution in [1.82, 2.24) is 19.4 Å². The third-order valence-corrected chi connectivity index (χ3v) is 6.52. The molecule has 2 aliphatic heterocycles. The second kappa shape index (κ2) is 7.96. The molecular formula is C18H32N4O3S. The van der Waals surface area contributed by atoms with Gasteiger partial charge in [0.05, 0.1) is 17.6 Å². The Bertz CT molecular complexity index is 708. The van der Waals surface area contributed by atoms with E-state index in [1.807, 2.05) is 11.7 Å². The van der Waals surface area contributed by atoms with Crippen molar-refractivity contribution in [2.75, 3.05) is 32.5 Å². The van der Waals surface area contributed by atoms with Gasteiger partial charge in [0.15, 0.2) is 0 Å². The standard InChI is InChI=1S/C18H32N4O3S/c1-15-17(13-21(2)20-15)14-22-9-6-18(7-10-22)12-16(5-11-25-18)4-8-19-26(3,23)24/h13,16,19H,4-12,14H2,1-3H3. The third-order valence-electron chi connectivity index (χ3n) is 5.79. The van der Waals surface area contributed by atoms with E-state index < -0.39 is 10.0 Å². The molecule has 0 radical (unpaired) electrons. The minimum atomic E-state index is -3.09. The number of rotatable bonds is 6. The van der Waals surface area contributed by atoms with Gasteiger partial charge in [-0.25, -0.2) is 13.1 Å². The fourth-order valence-corrected chi connectivity index (χ4v) is 4.82. The molecule has 1 unspecified atom stereocenters. The van der Waals surface area contributed by atoms with E-state index in [1.54, 1.807) is 0 Å². The highest BCUT2D eigenvalue weighted by Gasteiger charge is 2.40. The first-order valence-electron chi connectivity index (χ1n) is 9.55. The van der Waals surface area contributed by atoms with E-state index in [1.165, 1.54) is 11.8 Å². The van der Waals surface area contributed by atoms with Crippen LogP contribution in [-0.4, -0.2) is 61.2 Å². The van der Waals surface area contributed by atoms with Crippen LogP contribution in [0.5, 0.6) is 0 Å². The van der Waals surface area contributed by atoms with Gasteiger partial charge >= 0.3 is 0 Å². The van der Waals surface area contributed by atoms with Gasteiger partial charge in [-0.1, -0.05) is 0 Å². The zero-order chi connectivity index (χ0) is 18.8. The quantitative estimate of drug-likeness (QED) is 0.803. The number of likely N-dealkylation sites (tertiary alicyclic amines) is 1. The minimum absolute atomic E-state index is 0.00547. The van der Waals surface area contributed by atoms with Gasteiger partial charge < -0.3 is 4.74 Å². The van der Waals surface area contributed by atoms with Gasteiger partial charge in [-0.15, -0.1) is 0 Å². The van der Waals surface area contributed by atoms with E-state index in [0.29, 0.717) is 12.5 Å². The zero-order valence-electron chi connectivity index (χ0n) is 16.2. The molecule has 3 rings (SSSR count). The van der Waals surface area contributed by atoms with Gasteiger partial charge in [0.2, 0.25) is 10.0 Å². The van der Waals surface area contributed by atoms with Crippen LogP contribution in [0.4, 0.5) is 0 Å². The van der Waals surface area contributed by atoms with Gasteiger partial charge in [-0.2, -0.15) is 5.10 Å². The summed E-state index contributed by atoms with van der Waals surface area (Å²) >= 11 is 0. The van der Waals surface area contributed by atoms with E-state index in [-0.39, 0.29) is 5.60 Å². The van der Waals surface area contributed by atoms with Crippen molar-refractivity contribution in [3.05, 3.63) is 17.5 Å². The average Bonchev–Trinajstić information content (AvgIpc) is 2.86. The van der Waals surface area contributed by atoms with E-state index in [2.05, 4.69) is 27.8 Å². The van der Waals surface area contributed by atoms with Crippen LogP contribution in [0.1, 0.15) is 43.4 Å². The highest BCUT2D eigenvalue weighted by atomic mass is 32.2. The van der Waals surface area contributed by atoms with Crippen LogP contribution >= 0.6 is 0 Å². The van der Waals surface area contributed by atoms with E-state index in [0.717, 1.165) is 64.0 Å². The topological polar surface area (TPSA) is 76.5 Å². The van der Waals surface area contributed by atoms with Gasteiger partial charge in [-0.3, -0.25) is 9.58 Å². The smallest absolute Gasteiger partial charge is 0.208 e. The van der Waals surface area contributed by atoms with Crippen molar-refractivity contribution in [2.45, 2.75) is 51.2 Å². The molecule has 26 heavy (non-hydrogen) atoms. The molecule has 2 fully saturated rings. The van der Waals surface area contributed by atoms with Crippen molar-refractivity contribution in [3.8, 4) is 0 Å². The van der Waals surface area contributed by atoms with Crippen LogP contribution < -0.4 is 4.72 Å². The Kier molecular flexibility index (Phi) is 6.06. The molecule has 1 atom stereocenters. The maximum absolute atomic E-state index is 11.2. The molecule has 1 spiro atoms. The van der Waals surface area contributed by atoms with Gasteiger partial charge in [-0.05, 0) is 44.9 Å². The largest absolute Gasteiger partial charge is 0.375 e. The Morgan fingerprint density at radius 3 is 2.73 bits per heavy atom. The van der Waals surface area contributed by atoms with Crippen LogP contribution in [-0.2, 0) is 28.4 Å². The molecule has 0 saturated carbocycles. The number of aryl methyl sites for hydroxylation is 2. The van der Waals surface area contributed by atoms with Crippen molar-refractivity contribution < 1.29 is 13.2 Å². The lowest BCUT2D eigenvalue weighted by atomic mass is 9.78. The molecule has 0 amide bonds. The maximum atomic E-state index is 11.2. The predicted octanol–water partition coefficient (Wildman–Crippen LogP) is 1.43. The molecule has 0 bridgehead atoms. The van der Waals surface area contributed by atoms with E-state index in [4.69, 9.17) is 4.74 Å². The fraction of sp³-hybridized carbons (Fsp3) is 0.833. The van der Waals surface area contributed by atoms with Crippen molar-refractivity contribution in [3.63, 3.8) is 0 Å². The molecule has 0 aliphatic carbocycles. The maximum Gasteiger partial charge on any atom is 0.208 e. The first-order chi connectivity index (χ1) is 12.2. The summed E-state index contributed by atoms with van der Waals surface area (Å²) in [6.45, 7) is 6.44. The normalized spacial score (nSPS) is 24.2. The molecule has 0 aromatic carbocycles. The lowest BCUT2D eigenvalue weighted by molar-refractivity contribution is -0.128. The van der Waals surface area contributed by atoms with Crippen molar-refractivity contribution >= 4 is 10.0 Å². The SMILES string of the molecule is Cc1nn(C)cc1CN1CCC2(CC1)CC(CCNS(C)(=O)=O)CCO2. The van der Waals surface area contributed by atoms with Gasteiger partial charge in [0.25, 0.3) is 0 Å². The lowest BCUT2D eigenvalue weighted by Gasteiger charge is -2.46. The summed E-state index contributed by atoms with van der Waals surface area (Å²) in [4.78, 5) is 2.49. The Balaban J connectivity index is 1.48. The molecule has 1 N–H and O–H groups in total. The number of nitrogens with zero attached hydrogens (tertiary/aromatic N) is 3. The van der Waals surface area contributed by atoms with E-state index >= 15 is 0 Å². The average molecular weight is 385 g/mol. The predicted molar refractivity (Wildman–Crippen MR) is 101 cm³/mol. The van der Waals surface area contributed by atoms with Crippen LogP contribution in [0, 0.1) is 12.8 Å². The minimum Gasteiger partial charge on any atom is -0.375 e. The number of hydrogen-bond acceptors (Lipinski definition) is 5. The number of hydrogen-bond donors (Lipinski definition) is 1. The molecular weight excluding hydrogens is 352 g/mol. The first kappa shape index (κ1) is 19.8. The van der Waals surface area contributed by atoms with Crippen LogP contribution in [0.15, 0.2) is 6.20 Å². The second-order valence-corrected chi connectivity index (χ2v) is 9.87. The molecule has 2 saturated heterocycles. The Morgan fingerprint density at radius 1 is 1.38 bits per heavy atom. The highest BCUT2D eigenvalue weighted by Crippen LogP contribution is 2.39. The third kappa shape index (κ3) is 5.28. The summed E-state index contributed by atoms with van der Waals surface area (Å²) in [5.41, 5.74) is 2.41. The Hall–Kier alpha value is -0.960. The highest BCUT2D eigenvalue weighted by molar-refractivity contribution is 7.88. The number of ether oxygens (including phenoxy) is 1. The zero-order valence-corrected chi connectivity index (χ0v) is 17.0. The van der Waals surface area contributed by atoms with Gasteiger partial charge in [0.1, 0.15) is 0 Å². The van der Waals surface area contributed by atoms with Crippen molar-refractivity contribution in [2.24, 2.45) is 13.0 Å². The number of nitrogens with one attached hydrogen (secondary N) is 1. The van der Waals surface area contributed by atoms with E-state index in [9.17, 15) is 8.42 Å². The number of aromatic nitrogens is 2.